The summed E-state index contributed by atoms with van der Waals surface area (Å²) in [6.07, 6.45) is -0.112. The van der Waals surface area contributed by atoms with E-state index in [4.69, 9.17) is 5.73 Å². The van der Waals surface area contributed by atoms with Gasteiger partial charge in [0.25, 0.3) is 5.92 Å². The average Bonchev–Trinajstić information content (AvgIpc) is 2.75. The first kappa shape index (κ1) is 10.6. The monoisotopic (exact) mass is 211 g/mol. The van der Waals surface area contributed by atoms with E-state index in [2.05, 4.69) is 0 Å². The highest BCUT2D eigenvalue weighted by molar-refractivity contribution is 5.42. The average molecular weight is 211 g/mol. The van der Waals surface area contributed by atoms with E-state index in [1.807, 2.05) is 26.0 Å². The summed E-state index contributed by atoms with van der Waals surface area (Å²) in [4.78, 5) is 0. The van der Waals surface area contributed by atoms with Crippen LogP contribution in [0.3, 0.4) is 0 Å². The van der Waals surface area contributed by atoms with Gasteiger partial charge in [-0.15, -0.1) is 0 Å². The molecular weight excluding hydrogens is 196 g/mol. The molecule has 1 saturated carbocycles. The van der Waals surface area contributed by atoms with Crippen LogP contribution < -0.4 is 5.73 Å². The van der Waals surface area contributed by atoms with Crippen molar-refractivity contribution in [3.63, 3.8) is 0 Å². The third kappa shape index (κ3) is 1.37. The standard InChI is InChI=1S/C12H15F2N/c1-8-3-4-10(5-9(8)2)11(7-15)6-12(11,13)14/h3-5H,6-7,15H2,1-2H3. The number of hydrogen-bond donors (Lipinski definition) is 1. The molecule has 2 rings (SSSR count). The van der Waals surface area contributed by atoms with E-state index in [9.17, 15) is 8.78 Å². The minimum atomic E-state index is -2.62. The maximum Gasteiger partial charge on any atom is 0.260 e. The molecule has 1 aliphatic carbocycles. The van der Waals surface area contributed by atoms with Crippen LogP contribution >= 0.6 is 0 Å². The largest absolute Gasteiger partial charge is 0.329 e. The summed E-state index contributed by atoms with van der Waals surface area (Å²) in [6, 6.07) is 5.50. The Balaban J connectivity index is 2.42. The molecule has 1 nitrogen and oxygen atoms in total. The molecule has 1 fully saturated rings. The molecule has 3 heteroatoms. The van der Waals surface area contributed by atoms with E-state index in [1.54, 1.807) is 6.07 Å². The second-order valence-electron chi connectivity index (χ2n) is 4.47. The first-order valence-corrected chi connectivity index (χ1v) is 5.08. The number of rotatable bonds is 2. The van der Waals surface area contributed by atoms with E-state index in [0.29, 0.717) is 5.56 Å². The predicted octanol–water partition coefficient (Wildman–Crippen LogP) is 2.54. The second-order valence-corrected chi connectivity index (χ2v) is 4.47. The van der Waals surface area contributed by atoms with Crippen molar-refractivity contribution < 1.29 is 8.78 Å². The Kier molecular flexibility index (Phi) is 2.12. The lowest BCUT2D eigenvalue weighted by Crippen LogP contribution is -2.26. The fraction of sp³-hybridized carbons (Fsp3) is 0.500. The van der Waals surface area contributed by atoms with Crippen LogP contribution in [0.2, 0.25) is 0 Å². The molecule has 0 bridgehead atoms. The zero-order valence-corrected chi connectivity index (χ0v) is 8.98. The summed E-state index contributed by atoms with van der Waals surface area (Å²) in [5, 5.41) is 0. The molecule has 1 unspecified atom stereocenters. The molecule has 0 amide bonds. The van der Waals surface area contributed by atoms with Crippen LogP contribution in [0.25, 0.3) is 0 Å². The van der Waals surface area contributed by atoms with Gasteiger partial charge in [0.1, 0.15) is 0 Å². The third-order valence-electron chi connectivity index (χ3n) is 3.51. The summed E-state index contributed by atoms with van der Waals surface area (Å²) in [5.74, 6) is -2.62. The van der Waals surface area contributed by atoms with Gasteiger partial charge in [0.15, 0.2) is 0 Å². The Morgan fingerprint density at radius 3 is 2.27 bits per heavy atom. The maximum absolute atomic E-state index is 13.3. The molecule has 82 valence electrons. The highest BCUT2D eigenvalue weighted by atomic mass is 19.3. The summed E-state index contributed by atoms with van der Waals surface area (Å²) >= 11 is 0. The van der Waals surface area contributed by atoms with Gasteiger partial charge < -0.3 is 5.73 Å². The molecular formula is C12H15F2N. The van der Waals surface area contributed by atoms with Crippen molar-refractivity contribution in [2.45, 2.75) is 31.6 Å². The number of benzene rings is 1. The molecule has 1 aliphatic rings. The van der Waals surface area contributed by atoms with Gasteiger partial charge in [-0.2, -0.15) is 0 Å². The lowest BCUT2D eigenvalue weighted by Gasteiger charge is -2.15. The van der Waals surface area contributed by atoms with E-state index >= 15 is 0 Å². The van der Waals surface area contributed by atoms with E-state index in [1.165, 1.54) is 0 Å². The maximum atomic E-state index is 13.3. The Morgan fingerprint density at radius 2 is 1.87 bits per heavy atom. The van der Waals surface area contributed by atoms with Gasteiger partial charge in [0, 0.05) is 13.0 Å². The molecule has 1 atom stereocenters. The first-order valence-electron chi connectivity index (χ1n) is 5.08. The summed E-state index contributed by atoms with van der Waals surface area (Å²) in [7, 11) is 0. The normalized spacial score (nSPS) is 27.8. The van der Waals surface area contributed by atoms with Gasteiger partial charge in [-0.05, 0) is 30.5 Å². The van der Waals surface area contributed by atoms with Crippen LogP contribution in [0.15, 0.2) is 18.2 Å². The zero-order valence-electron chi connectivity index (χ0n) is 8.98. The lowest BCUT2D eigenvalue weighted by atomic mass is 9.92. The Labute approximate surface area is 88.3 Å². The summed E-state index contributed by atoms with van der Waals surface area (Å²) in [5.41, 5.74) is 7.24. The highest BCUT2D eigenvalue weighted by Gasteiger charge is 2.71. The zero-order chi connectivity index (χ0) is 11.3. The van der Waals surface area contributed by atoms with Crippen LogP contribution in [0.4, 0.5) is 8.78 Å². The van der Waals surface area contributed by atoms with Gasteiger partial charge in [-0.3, -0.25) is 0 Å². The van der Waals surface area contributed by atoms with Crippen molar-refractivity contribution in [2.24, 2.45) is 5.73 Å². The topological polar surface area (TPSA) is 26.0 Å². The molecule has 0 heterocycles. The van der Waals surface area contributed by atoms with Gasteiger partial charge in [0.05, 0.1) is 5.41 Å². The molecule has 0 saturated heterocycles. The van der Waals surface area contributed by atoms with E-state index in [-0.39, 0.29) is 13.0 Å². The van der Waals surface area contributed by atoms with Gasteiger partial charge >= 0.3 is 0 Å². The SMILES string of the molecule is Cc1ccc(C2(CN)CC2(F)F)cc1C. The number of alkyl halides is 2. The number of halogens is 2. The van der Waals surface area contributed by atoms with Crippen molar-refractivity contribution in [1.82, 2.24) is 0 Å². The minimum Gasteiger partial charge on any atom is -0.329 e. The Morgan fingerprint density at radius 1 is 1.27 bits per heavy atom. The second kappa shape index (κ2) is 3.01. The quantitative estimate of drug-likeness (QED) is 0.799. The number of nitrogens with two attached hydrogens (primary N) is 1. The minimum absolute atomic E-state index is 0.0164. The molecule has 2 N–H and O–H groups in total. The molecule has 1 aromatic carbocycles. The van der Waals surface area contributed by atoms with Crippen LogP contribution in [0.1, 0.15) is 23.1 Å². The Bertz CT molecular complexity index is 401. The van der Waals surface area contributed by atoms with Crippen molar-refractivity contribution in [3.8, 4) is 0 Å². The summed E-state index contributed by atoms with van der Waals surface area (Å²) < 4.78 is 26.6. The number of hydrogen-bond acceptors (Lipinski definition) is 1. The van der Waals surface area contributed by atoms with Crippen molar-refractivity contribution in [2.75, 3.05) is 6.54 Å². The summed E-state index contributed by atoms with van der Waals surface area (Å²) in [6.45, 7) is 3.92. The van der Waals surface area contributed by atoms with Gasteiger partial charge in [-0.1, -0.05) is 18.2 Å². The van der Waals surface area contributed by atoms with Crippen LogP contribution in [0.5, 0.6) is 0 Å². The molecule has 15 heavy (non-hydrogen) atoms. The van der Waals surface area contributed by atoms with Crippen molar-refractivity contribution in [3.05, 3.63) is 34.9 Å². The van der Waals surface area contributed by atoms with Crippen LogP contribution in [-0.2, 0) is 5.41 Å². The Hall–Kier alpha value is -0.960. The smallest absolute Gasteiger partial charge is 0.260 e. The lowest BCUT2D eigenvalue weighted by molar-refractivity contribution is 0.0896. The molecule has 0 radical (unpaired) electrons. The van der Waals surface area contributed by atoms with Crippen LogP contribution in [0, 0.1) is 13.8 Å². The molecule has 0 aromatic heterocycles. The molecule has 0 spiro atoms. The fourth-order valence-electron chi connectivity index (χ4n) is 2.03. The first-order chi connectivity index (χ1) is 6.93. The van der Waals surface area contributed by atoms with Crippen LogP contribution in [-0.4, -0.2) is 12.5 Å². The fourth-order valence-corrected chi connectivity index (χ4v) is 2.03. The van der Waals surface area contributed by atoms with E-state index < -0.39 is 11.3 Å². The number of aryl methyl sites for hydroxylation is 2. The molecule has 0 aliphatic heterocycles. The highest BCUT2D eigenvalue weighted by Crippen LogP contribution is 2.60. The van der Waals surface area contributed by atoms with Gasteiger partial charge in [0.2, 0.25) is 0 Å². The van der Waals surface area contributed by atoms with E-state index in [0.717, 1.165) is 11.1 Å². The molecule has 1 aromatic rings. The van der Waals surface area contributed by atoms with Crippen molar-refractivity contribution in [1.29, 1.82) is 0 Å². The predicted molar refractivity (Wildman–Crippen MR) is 56.2 cm³/mol. The van der Waals surface area contributed by atoms with Gasteiger partial charge in [-0.25, -0.2) is 8.78 Å². The third-order valence-corrected chi connectivity index (χ3v) is 3.51. The van der Waals surface area contributed by atoms with Crippen molar-refractivity contribution >= 4 is 0 Å².